The summed E-state index contributed by atoms with van der Waals surface area (Å²) in [7, 11) is -3.63. The maximum atomic E-state index is 13.0. The number of carbonyl (C=O) groups excluding carboxylic acids is 1. The third-order valence-corrected chi connectivity index (χ3v) is 4.28. The summed E-state index contributed by atoms with van der Waals surface area (Å²) >= 11 is 0. The average Bonchev–Trinajstić information content (AvgIpc) is 2.48. The van der Waals surface area contributed by atoms with Crippen molar-refractivity contribution in [2.24, 2.45) is 0 Å². The number of benzene rings is 2. The van der Waals surface area contributed by atoms with Crippen molar-refractivity contribution in [3.63, 3.8) is 0 Å². The van der Waals surface area contributed by atoms with E-state index in [1.165, 1.54) is 30.3 Å². The Hall–Kier alpha value is -2.25. The van der Waals surface area contributed by atoms with E-state index in [2.05, 4.69) is 10.0 Å². The molecule has 116 valence electrons. The van der Waals surface area contributed by atoms with Gasteiger partial charge in [0.05, 0.1) is 4.90 Å². The maximum Gasteiger partial charge on any atom is 0.240 e. The van der Waals surface area contributed by atoms with E-state index in [-0.39, 0.29) is 17.9 Å². The molecule has 0 saturated heterocycles. The van der Waals surface area contributed by atoms with Crippen molar-refractivity contribution in [1.82, 2.24) is 4.72 Å². The Kier molecular flexibility index (Phi) is 5.24. The van der Waals surface area contributed by atoms with Crippen molar-refractivity contribution in [2.45, 2.75) is 11.3 Å². The Labute approximate surface area is 128 Å². The van der Waals surface area contributed by atoms with Gasteiger partial charge in [-0.1, -0.05) is 24.3 Å². The Morgan fingerprint density at radius 1 is 1.05 bits per heavy atom. The number of anilines is 1. The third-order valence-electron chi connectivity index (χ3n) is 2.81. The van der Waals surface area contributed by atoms with E-state index in [0.717, 1.165) is 0 Å². The van der Waals surface area contributed by atoms with Crippen LogP contribution in [-0.4, -0.2) is 20.9 Å². The first-order chi connectivity index (χ1) is 10.5. The lowest BCUT2D eigenvalue weighted by Gasteiger charge is -2.07. The fraction of sp³-hybridized carbons (Fsp3) is 0.133. The van der Waals surface area contributed by atoms with Crippen LogP contribution in [-0.2, 0) is 14.8 Å². The Balaban J connectivity index is 1.85. The number of rotatable bonds is 6. The van der Waals surface area contributed by atoms with E-state index in [1.807, 2.05) is 0 Å². The minimum atomic E-state index is -3.63. The van der Waals surface area contributed by atoms with Gasteiger partial charge in [0.2, 0.25) is 15.9 Å². The van der Waals surface area contributed by atoms with E-state index in [9.17, 15) is 17.6 Å². The SMILES string of the molecule is O=C(CCNS(=O)(=O)c1ccccc1)Nc1cccc(F)c1. The molecule has 2 rings (SSSR count). The molecule has 2 aromatic rings. The predicted octanol–water partition coefficient (Wildman–Crippen LogP) is 2.13. The Morgan fingerprint density at radius 3 is 2.45 bits per heavy atom. The maximum absolute atomic E-state index is 13.0. The first-order valence-corrected chi connectivity index (χ1v) is 8.06. The molecule has 2 aromatic carbocycles. The fourth-order valence-corrected chi connectivity index (χ4v) is 2.82. The summed E-state index contributed by atoms with van der Waals surface area (Å²) in [6, 6.07) is 13.4. The number of hydrogen-bond donors (Lipinski definition) is 2. The fourth-order valence-electron chi connectivity index (χ4n) is 1.77. The van der Waals surface area contributed by atoms with Crippen LogP contribution in [0.2, 0.25) is 0 Å². The molecule has 0 atom stereocenters. The molecule has 0 aromatic heterocycles. The van der Waals surface area contributed by atoms with Gasteiger partial charge in [-0.2, -0.15) is 0 Å². The molecule has 0 unspecified atom stereocenters. The minimum Gasteiger partial charge on any atom is -0.326 e. The second kappa shape index (κ2) is 7.15. The zero-order valence-corrected chi connectivity index (χ0v) is 12.4. The van der Waals surface area contributed by atoms with E-state index < -0.39 is 21.7 Å². The molecular formula is C15H15FN2O3S. The van der Waals surface area contributed by atoms with Gasteiger partial charge in [-0.05, 0) is 30.3 Å². The zero-order valence-electron chi connectivity index (χ0n) is 11.6. The summed E-state index contributed by atoms with van der Waals surface area (Å²) in [5.41, 5.74) is 0.330. The number of halogens is 1. The minimum absolute atomic E-state index is 0.0433. The van der Waals surface area contributed by atoms with Crippen molar-refractivity contribution >= 4 is 21.6 Å². The number of nitrogens with one attached hydrogen (secondary N) is 2. The molecule has 0 bridgehead atoms. The van der Waals surface area contributed by atoms with Crippen LogP contribution < -0.4 is 10.0 Å². The average molecular weight is 322 g/mol. The molecule has 0 aliphatic carbocycles. The van der Waals surface area contributed by atoms with Crippen molar-refractivity contribution < 1.29 is 17.6 Å². The monoisotopic (exact) mass is 322 g/mol. The summed E-state index contributed by atoms with van der Waals surface area (Å²) < 4.78 is 39.2. The molecule has 22 heavy (non-hydrogen) atoms. The third kappa shape index (κ3) is 4.64. The Bertz CT molecular complexity index is 748. The van der Waals surface area contributed by atoms with E-state index in [0.29, 0.717) is 5.69 Å². The van der Waals surface area contributed by atoms with Gasteiger partial charge in [-0.3, -0.25) is 4.79 Å². The van der Waals surface area contributed by atoms with Crippen LogP contribution in [0.4, 0.5) is 10.1 Å². The van der Waals surface area contributed by atoms with E-state index in [4.69, 9.17) is 0 Å². The van der Waals surface area contributed by atoms with Crippen LogP contribution in [0, 0.1) is 5.82 Å². The summed E-state index contributed by atoms with van der Waals surface area (Å²) in [5, 5.41) is 2.50. The lowest BCUT2D eigenvalue weighted by Crippen LogP contribution is -2.27. The molecule has 0 fully saturated rings. The molecule has 0 heterocycles. The first kappa shape index (κ1) is 16.1. The zero-order chi connectivity index (χ0) is 16.0. The lowest BCUT2D eigenvalue weighted by atomic mass is 10.3. The van der Waals surface area contributed by atoms with E-state index in [1.54, 1.807) is 24.3 Å². The molecule has 0 radical (unpaired) electrons. The molecule has 0 saturated carbocycles. The highest BCUT2D eigenvalue weighted by Gasteiger charge is 2.13. The van der Waals surface area contributed by atoms with Crippen LogP contribution in [0.3, 0.4) is 0 Å². The molecule has 0 aliphatic heterocycles. The normalized spacial score (nSPS) is 11.1. The highest BCUT2D eigenvalue weighted by Crippen LogP contribution is 2.10. The Morgan fingerprint density at radius 2 is 1.77 bits per heavy atom. The number of carbonyl (C=O) groups is 1. The second-order valence-corrected chi connectivity index (χ2v) is 6.29. The van der Waals surface area contributed by atoms with Crippen molar-refractivity contribution in [2.75, 3.05) is 11.9 Å². The van der Waals surface area contributed by atoms with Crippen molar-refractivity contribution in [3.8, 4) is 0 Å². The van der Waals surface area contributed by atoms with Gasteiger partial charge in [-0.25, -0.2) is 17.5 Å². The van der Waals surface area contributed by atoms with Gasteiger partial charge in [0.1, 0.15) is 5.82 Å². The molecule has 0 spiro atoms. The van der Waals surface area contributed by atoms with E-state index >= 15 is 0 Å². The quantitative estimate of drug-likeness (QED) is 0.855. The predicted molar refractivity (Wildman–Crippen MR) is 81.3 cm³/mol. The van der Waals surface area contributed by atoms with Gasteiger partial charge in [0.15, 0.2) is 0 Å². The van der Waals surface area contributed by atoms with Crippen LogP contribution in [0.25, 0.3) is 0 Å². The molecule has 7 heteroatoms. The molecular weight excluding hydrogens is 307 g/mol. The molecule has 1 amide bonds. The van der Waals surface area contributed by atoms with Crippen molar-refractivity contribution in [3.05, 3.63) is 60.4 Å². The van der Waals surface area contributed by atoms with Crippen LogP contribution in [0.15, 0.2) is 59.5 Å². The van der Waals surface area contributed by atoms with Crippen molar-refractivity contribution in [1.29, 1.82) is 0 Å². The lowest BCUT2D eigenvalue weighted by molar-refractivity contribution is -0.116. The smallest absolute Gasteiger partial charge is 0.240 e. The van der Waals surface area contributed by atoms with Gasteiger partial charge in [-0.15, -0.1) is 0 Å². The van der Waals surface area contributed by atoms with Gasteiger partial charge >= 0.3 is 0 Å². The number of amides is 1. The standard InChI is InChI=1S/C15H15FN2O3S/c16-12-5-4-6-13(11-12)18-15(19)9-10-17-22(20,21)14-7-2-1-3-8-14/h1-8,11,17H,9-10H2,(H,18,19). The van der Waals surface area contributed by atoms with Gasteiger partial charge < -0.3 is 5.32 Å². The summed E-state index contributed by atoms with van der Waals surface area (Å²) in [5.74, 6) is -0.857. The number of sulfonamides is 1. The summed E-state index contributed by atoms with van der Waals surface area (Å²) in [6.07, 6.45) is -0.0530. The summed E-state index contributed by atoms with van der Waals surface area (Å²) in [4.78, 5) is 11.8. The van der Waals surface area contributed by atoms with Gasteiger partial charge in [0, 0.05) is 18.7 Å². The highest BCUT2D eigenvalue weighted by atomic mass is 32.2. The van der Waals surface area contributed by atoms with Crippen LogP contribution in [0.1, 0.15) is 6.42 Å². The molecule has 0 aliphatic rings. The molecule has 5 nitrogen and oxygen atoms in total. The largest absolute Gasteiger partial charge is 0.326 e. The highest BCUT2D eigenvalue weighted by molar-refractivity contribution is 7.89. The topological polar surface area (TPSA) is 75.3 Å². The first-order valence-electron chi connectivity index (χ1n) is 6.57. The van der Waals surface area contributed by atoms with Crippen LogP contribution >= 0.6 is 0 Å². The van der Waals surface area contributed by atoms with Crippen LogP contribution in [0.5, 0.6) is 0 Å². The molecule has 2 N–H and O–H groups in total. The summed E-state index contributed by atoms with van der Waals surface area (Å²) in [6.45, 7) is -0.0433. The number of hydrogen-bond acceptors (Lipinski definition) is 3. The van der Waals surface area contributed by atoms with Gasteiger partial charge in [0.25, 0.3) is 0 Å². The second-order valence-electron chi connectivity index (χ2n) is 4.52.